The van der Waals surface area contributed by atoms with Gasteiger partial charge in [-0.25, -0.2) is 18.2 Å². The Morgan fingerprint density at radius 1 is 0.821 bits per heavy atom. The number of aromatic nitrogens is 2. The van der Waals surface area contributed by atoms with E-state index in [1.807, 2.05) is 30.3 Å². The zero-order valence-electron chi connectivity index (χ0n) is 14.7. The van der Waals surface area contributed by atoms with E-state index in [4.69, 9.17) is 0 Å². The fourth-order valence-corrected chi connectivity index (χ4v) is 2.91. The minimum atomic E-state index is -0.905. The molecule has 4 aromatic rings. The van der Waals surface area contributed by atoms with Crippen molar-refractivity contribution in [1.29, 1.82) is 0 Å². The highest BCUT2D eigenvalue weighted by Gasteiger charge is 2.12. The summed E-state index contributed by atoms with van der Waals surface area (Å²) in [4.78, 5) is 4.60. The highest BCUT2D eigenvalue weighted by atomic mass is 19.2. The van der Waals surface area contributed by atoms with E-state index in [2.05, 4.69) is 10.3 Å². The largest absolute Gasteiger partial charge is 0.351 e. The molecule has 0 saturated carbocycles. The monoisotopic (exact) mass is 379 g/mol. The van der Waals surface area contributed by atoms with E-state index in [0.717, 1.165) is 17.7 Å². The first-order valence-corrected chi connectivity index (χ1v) is 8.69. The van der Waals surface area contributed by atoms with E-state index >= 15 is 0 Å². The van der Waals surface area contributed by atoms with Gasteiger partial charge in [0.15, 0.2) is 11.6 Å². The zero-order chi connectivity index (χ0) is 19.5. The maximum Gasteiger partial charge on any atom is 0.208 e. The number of imidazole rings is 1. The predicted molar refractivity (Wildman–Crippen MR) is 103 cm³/mol. The van der Waals surface area contributed by atoms with Gasteiger partial charge in [-0.15, -0.1) is 0 Å². The van der Waals surface area contributed by atoms with Gasteiger partial charge in [0.05, 0.1) is 11.4 Å². The summed E-state index contributed by atoms with van der Waals surface area (Å²) < 4.78 is 42.0. The van der Waals surface area contributed by atoms with Crippen molar-refractivity contribution in [3.8, 4) is 16.9 Å². The van der Waals surface area contributed by atoms with Crippen molar-refractivity contribution in [3.05, 3.63) is 102 Å². The molecular formula is C22H16F3N3. The van der Waals surface area contributed by atoms with Gasteiger partial charge in [-0.3, -0.25) is 4.57 Å². The first kappa shape index (κ1) is 17.9. The van der Waals surface area contributed by atoms with Crippen LogP contribution in [0.1, 0.15) is 5.56 Å². The van der Waals surface area contributed by atoms with Crippen molar-refractivity contribution in [2.45, 2.75) is 6.54 Å². The van der Waals surface area contributed by atoms with Gasteiger partial charge in [-0.05, 0) is 35.9 Å². The number of benzene rings is 3. The third-order valence-corrected chi connectivity index (χ3v) is 4.30. The number of nitrogens with zero attached hydrogens (tertiary/aromatic N) is 2. The molecule has 0 bridgehead atoms. The first-order chi connectivity index (χ1) is 13.6. The summed E-state index contributed by atoms with van der Waals surface area (Å²) in [5, 5.41) is 3.12. The van der Waals surface area contributed by atoms with Crippen LogP contribution in [0, 0.1) is 17.5 Å². The van der Waals surface area contributed by atoms with Crippen LogP contribution in [0.25, 0.3) is 16.9 Å². The molecule has 1 aromatic heterocycles. The van der Waals surface area contributed by atoms with Crippen LogP contribution in [-0.4, -0.2) is 9.55 Å². The van der Waals surface area contributed by atoms with Crippen molar-refractivity contribution >= 4 is 5.95 Å². The molecule has 0 fully saturated rings. The van der Waals surface area contributed by atoms with E-state index in [9.17, 15) is 13.2 Å². The Kier molecular flexibility index (Phi) is 4.85. The van der Waals surface area contributed by atoms with Crippen LogP contribution in [0.4, 0.5) is 19.1 Å². The van der Waals surface area contributed by atoms with Gasteiger partial charge >= 0.3 is 0 Å². The minimum Gasteiger partial charge on any atom is -0.351 e. The Morgan fingerprint density at radius 3 is 2.39 bits per heavy atom. The molecule has 3 nitrogen and oxygen atoms in total. The summed E-state index contributed by atoms with van der Waals surface area (Å²) in [5.74, 6) is -1.69. The quantitative estimate of drug-likeness (QED) is 0.491. The van der Waals surface area contributed by atoms with E-state index in [-0.39, 0.29) is 12.4 Å². The minimum absolute atomic E-state index is 0.234. The Labute approximate surface area is 160 Å². The highest BCUT2D eigenvalue weighted by molar-refractivity contribution is 5.62. The zero-order valence-corrected chi connectivity index (χ0v) is 14.7. The normalized spacial score (nSPS) is 10.8. The number of hydrogen-bond donors (Lipinski definition) is 1. The van der Waals surface area contributed by atoms with Crippen LogP contribution < -0.4 is 5.32 Å². The van der Waals surface area contributed by atoms with Gasteiger partial charge in [0, 0.05) is 18.3 Å². The molecule has 1 N–H and O–H groups in total. The summed E-state index contributed by atoms with van der Waals surface area (Å²) in [6, 6.07) is 19.5. The van der Waals surface area contributed by atoms with Crippen molar-refractivity contribution in [1.82, 2.24) is 9.55 Å². The second-order valence-corrected chi connectivity index (χ2v) is 6.27. The smallest absolute Gasteiger partial charge is 0.208 e. The molecule has 140 valence electrons. The van der Waals surface area contributed by atoms with Crippen LogP contribution >= 0.6 is 0 Å². The first-order valence-electron chi connectivity index (χ1n) is 8.69. The molecular weight excluding hydrogens is 363 g/mol. The lowest BCUT2D eigenvalue weighted by Crippen LogP contribution is -2.06. The molecule has 4 rings (SSSR count). The van der Waals surface area contributed by atoms with Gasteiger partial charge in [-0.1, -0.05) is 42.5 Å². The fourth-order valence-electron chi connectivity index (χ4n) is 2.91. The molecule has 0 aliphatic heterocycles. The van der Waals surface area contributed by atoms with E-state index < -0.39 is 11.6 Å². The number of halogens is 3. The summed E-state index contributed by atoms with van der Waals surface area (Å²) in [5.41, 5.74) is 2.78. The van der Waals surface area contributed by atoms with E-state index in [1.165, 1.54) is 18.2 Å². The third-order valence-electron chi connectivity index (χ3n) is 4.30. The average Bonchev–Trinajstić information content (AvgIpc) is 3.14. The predicted octanol–water partition coefficient (Wildman–Crippen LogP) is 5.57. The van der Waals surface area contributed by atoms with Crippen LogP contribution in [0.5, 0.6) is 0 Å². The maximum absolute atomic E-state index is 13.7. The van der Waals surface area contributed by atoms with Gasteiger partial charge in [0.25, 0.3) is 0 Å². The topological polar surface area (TPSA) is 29.9 Å². The maximum atomic E-state index is 13.7. The average molecular weight is 379 g/mol. The number of anilines is 1. The second kappa shape index (κ2) is 7.60. The van der Waals surface area contributed by atoms with Gasteiger partial charge in [0.1, 0.15) is 5.82 Å². The molecule has 0 amide bonds. The van der Waals surface area contributed by atoms with Crippen molar-refractivity contribution in [3.63, 3.8) is 0 Å². The lowest BCUT2D eigenvalue weighted by atomic mass is 10.2. The molecule has 0 saturated heterocycles. The third kappa shape index (κ3) is 3.76. The second-order valence-electron chi connectivity index (χ2n) is 6.27. The molecule has 0 aliphatic carbocycles. The van der Waals surface area contributed by atoms with Crippen molar-refractivity contribution < 1.29 is 13.2 Å². The molecule has 3 aromatic carbocycles. The van der Waals surface area contributed by atoms with Crippen LogP contribution in [0.15, 0.2) is 79.0 Å². The molecule has 1 heterocycles. The van der Waals surface area contributed by atoms with Crippen LogP contribution in [0.3, 0.4) is 0 Å². The lowest BCUT2D eigenvalue weighted by Gasteiger charge is -2.10. The van der Waals surface area contributed by atoms with Crippen LogP contribution in [-0.2, 0) is 6.54 Å². The van der Waals surface area contributed by atoms with Gasteiger partial charge < -0.3 is 5.32 Å². The van der Waals surface area contributed by atoms with Crippen molar-refractivity contribution in [2.24, 2.45) is 0 Å². The number of rotatable bonds is 5. The fraction of sp³-hybridized carbons (Fsp3) is 0.0455. The molecule has 6 heteroatoms. The summed E-state index contributed by atoms with van der Waals surface area (Å²) in [6.07, 6.45) is 1.80. The molecule has 0 spiro atoms. The Hall–Kier alpha value is -3.54. The summed E-state index contributed by atoms with van der Waals surface area (Å²) in [7, 11) is 0. The number of nitrogens with one attached hydrogen (secondary N) is 1. The molecule has 0 radical (unpaired) electrons. The lowest BCUT2D eigenvalue weighted by molar-refractivity contribution is 0.507. The number of hydrogen-bond acceptors (Lipinski definition) is 2. The molecule has 0 aliphatic rings. The standard InChI is InChI=1S/C22H16F3N3/c23-17-7-4-8-18(12-17)28-14-21(16-5-2-1-3-6-16)27-22(28)26-13-15-9-10-19(24)20(25)11-15/h1-12,14H,13H2,(H,26,27). The molecule has 0 atom stereocenters. The van der Waals surface area contributed by atoms with Gasteiger partial charge in [-0.2, -0.15) is 0 Å². The van der Waals surface area contributed by atoms with Gasteiger partial charge in [0.2, 0.25) is 5.95 Å². The Balaban J connectivity index is 1.69. The molecule has 28 heavy (non-hydrogen) atoms. The Morgan fingerprint density at radius 2 is 1.64 bits per heavy atom. The van der Waals surface area contributed by atoms with Crippen LogP contribution in [0.2, 0.25) is 0 Å². The summed E-state index contributed by atoms with van der Waals surface area (Å²) in [6.45, 7) is 0.234. The summed E-state index contributed by atoms with van der Waals surface area (Å²) >= 11 is 0. The molecule has 0 unspecified atom stereocenters. The highest BCUT2D eigenvalue weighted by Crippen LogP contribution is 2.25. The Bertz CT molecular complexity index is 1110. The van der Waals surface area contributed by atoms with E-state index in [1.54, 1.807) is 22.9 Å². The SMILES string of the molecule is Fc1cccc(-n2cc(-c3ccccc3)nc2NCc2ccc(F)c(F)c2)c1. The van der Waals surface area contributed by atoms with Crippen molar-refractivity contribution in [2.75, 3.05) is 5.32 Å². The van der Waals surface area contributed by atoms with E-state index in [0.29, 0.717) is 22.9 Å².